The van der Waals surface area contributed by atoms with Crippen LogP contribution in [0.5, 0.6) is 0 Å². The Balaban J connectivity index is -0.000000126. The van der Waals surface area contributed by atoms with Gasteiger partial charge < -0.3 is 15.3 Å². The monoisotopic (exact) mass is 436 g/mol. The number of rotatable bonds is 4. The maximum Gasteiger partial charge on any atom is 0.261 e. The SMILES string of the molecule is CCCC(O)(CO)C(C)O.CS(=O)(=O)O.CS(=O)(=O)O.CS(=O)(=O)O. The fourth-order valence-electron chi connectivity index (χ4n) is 0.853. The molecule has 0 bridgehead atoms. The molecule has 12 nitrogen and oxygen atoms in total. The van der Waals surface area contributed by atoms with Crippen molar-refractivity contribution in [2.24, 2.45) is 0 Å². The van der Waals surface area contributed by atoms with E-state index in [-0.39, 0.29) is 6.61 Å². The summed E-state index contributed by atoms with van der Waals surface area (Å²) >= 11 is 0. The third-order valence-corrected chi connectivity index (χ3v) is 1.73. The van der Waals surface area contributed by atoms with Gasteiger partial charge in [-0.05, 0) is 13.3 Å². The summed E-state index contributed by atoms with van der Waals surface area (Å²) in [4.78, 5) is 0. The minimum absolute atomic E-state index is 0.376. The molecule has 0 aliphatic heterocycles. The zero-order chi connectivity index (χ0) is 21.7. The molecule has 0 saturated carbocycles. The number of hydrogen-bond donors (Lipinski definition) is 6. The van der Waals surface area contributed by atoms with E-state index in [0.29, 0.717) is 25.2 Å². The van der Waals surface area contributed by atoms with Gasteiger partial charge in [0.15, 0.2) is 0 Å². The standard InChI is InChI=1S/C7H16O3.3CH4O3S/c1-3-4-7(10,5-8)6(2)9;3*1-5(2,3)4/h6,8-10H,3-5H2,1-2H3;3*1H3,(H,2,3,4). The molecule has 0 fully saturated rings. The molecule has 0 aromatic rings. The van der Waals surface area contributed by atoms with E-state index in [1.165, 1.54) is 6.92 Å². The minimum Gasteiger partial charge on any atom is -0.393 e. The normalized spacial score (nSPS) is 15.0. The summed E-state index contributed by atoms with van der Waals surface area (Å²) < 4.78 is 77.6. The van der Waals surface area contributed by atoms with Crippen molar-refractivity contribution in [3.05, 3.63) is 0 Å². The summed E-state index contributed by atoms with van der Waals surface area (Å²) in [7, 11) is -11.0. The highest BCUT2D eigenvalue weighted by Crippen LogP contribution is 2.16. The van der Waals surface area contributed by atoms with Crippen LogP contribution in [0.15, 0.2) is 0 Å². The minimum atomic E-state index is -3.67. The molecule has 0 aliphatic rings. The van der Waals surface area contributed by atoms with Crippen LogP contribution in [0, 0.1) is 0 Å². The largest absolute Gasteiger partial charge is 0.393 e. The predicted octanol–water partition coefficient (Wildman–Crippen LogP) is -1.60. The Kier molecular flexibility index (Phi) is 17.8. The van der Waals surface area contributed by atoms with Gasteiger partial charge in [0, 0.05) is 0 Å². The molecule has 0 aromatic heterocycles. The van der Waals surface area contributed by atoms with Gasteiger partial charge in [-0.2, -0.15) is 25.3 Å². The number of aliphatic hydroxyl groups is 3. The second kappa shape index (κ2) is 13.8. The summed E-state index contributed by atoms with van der Waals surface area (Å²) in [5, 5.41) is 27.1. The van der Waals surface area contributed by atoms with Gasteiger partial charge in [-0.25, -0.2) is 0 Å². The van der Waals surface area contributed by atoms with Gasteiger partial charge in [0.2, 0.25) is 0 Å². The van der Waals surface area contributed by atoms with Gasteiger partial charge in [-0.15, -0.1) is 0 Å². The molecule has 0 amide bonds. The van der Waals surface area contributed by atoms with E-state index in [9.17, 15) is 30.4 Å². The second-order valence-electron chi connectivity index (χ2n) is 4.89. The molecular weight excluding hydrogens is 408 g/mol. The van der Waals surface area contributed by atoms with E-state index in [1.807, 2.05) is 6.92 Å². The average Bonchev–Trinajstić information content (AvgIpc) is 2.21. The van der Waals surface area contributed by atoms with Gasteiger partial charge in [0.05, 0.1) is 31.5 Å². The van der Waals surface area contributed by atoms with Gasteiger partial charge in [0.25, 0.3) is 30.4 Å². The van der Waals surface area contributed by atoms with E-state index in [1.54, 1.807) is 0 Å². The Morgan fingerprint density at radius 2 is 1.04 bits per heavy atom. The third-order valence-electron chi connectivity index (χ3n) is 1.73. The van der Waals surface area contributed by atoms with Gasteiger partial charge in [-0.3, -0.25) is 13.7 Å². The molecule has 6 N–H and O–H groups in total. The predicted molar refractivity (Wildman–Crippen MR) is 91.0 cm³/mol. The van der Waals surface area contributed by atoms with Crippen molar-refractivity contribution in [1.82, 2.24) is 0 Å². The van der Waals surface area contributed by atoms with Gasteiger partial charge in [-0.1, -0.05) is 13.3 Å². The van der Waals surface area contributed by atoms with Crippen LogP contribution in [0.25, 0.3) is 0 Å². The summed E-state index contributed by atoms with van der Waals surface area (Å²) in [6.07, 6.45) is 2.47. The van der Waals surface area contributed by atoms with Crippen molar-refractivity contribution in [1.29, 1.82) is 0 Å². The van der Waals surface area contributed by atoms with E-state index in [4.69, 9.17) is 23.9 Å². The molecule has 0 aromatic carbocycles. The summed E-state index contributed by atoms with van der Waals surface area (Å²) in [6, 6.07) is 0. The highest BCUT2D eigenvalue weighted by atomic mass is 32.2. The topological polar surface area (TPSA) is 224 Å². The first-order chi connectivity index (χ1) is 10.6. The smallest absolute Gasteiger partial charge is 0.261 e. The lowest BCUT2D eigenvalue weighted by Gasteiger charge is -2.28. The van der Waals surface area contributed by atoms with Crippen molar-refractivity contribution < 1.29 is 54.2 Å². The Morgan fingerprint density at radius 1 is 0.840 bits per heavy atom. The fourth-order valence-corrected chi connectivity index (χ4v) is 0.853. The maximum absolute atomic E-state index is 9.40. The average molecular weight is 437 g/mol. The Hall–Kier alpha value is -0.390. The van der Waals surface area contributed by atoms with Crippen LogP contribution in [0.4, 0.5) is 0 Å². The lowest BCUT2D eigenvalue weighted by Crippen LogP contribution is -2.43. The lowest BCUT2D eigenvalue weighted by molar-refractivity contribution is -0.102. The van der Waals surface area contributed by atoms with Crippen LogP contribution in [0.1, 0.15) is 26.7 Å². The van der Waals surface area contributed by atoms with Crippen LogP contribution >= 0.6 is 0 Å². The van der Waals surface area contributed by atoms with Crippen molar-refractivity contribution in [2.75, 3.05) is 25.4 Å². The summed E-state index contributed by atoms with van der Waals surface area (Å²) in [5.41, 5.74) is -1.30. The molecule has 0 aliphatic carbocycles. The molecule has 25 heavy (non-hydrogen) atoms. The van der Waals surface area contributed by atoms with Gasteiger partial charge in [0.1, 0.15) is 5.60 Å². The van der Waals surface area contributed by atoms with E-state index in [0.717, 1.165) is 6.42 Å². The molecule has 0 spiro atoms. The molecule has 0 radical (unpaired) electrons. The summed E-state index contributed by atoms with van der Waals surface area (Å²) in [6.45, 7) is 2.99. The molecular formula is C10H28O12S3. The van der Waals surface area contributed by atoms with Crippen molar-refractivity contribution in [3.63, 3.8) is 0 Å². The molecule has 0 rings (SSSR count). The fraction of sp³-hybridized carbons (Fsp3) is 1.00. The molecule has 2 unspecified atom stereocenters. The second-order valence-corrected chi connectivity index (χ2v) is 9.28. The van der Waals surface area contributed by atoms with E-state index >= 15 is 0 Å². The van der Waals surface area contributed by atoms with Crippen LogP contribution in [-0.4, -0.2) is 91.3 Å². The molecule has 0 heterocycles. The first kappa shape index (κ1) is 32.3. The Morgan fingerprint density at radius 3 is 1.08 bits per heavy atom. The maximum atomic E-state index is 9.40. The number of hydrogen-bond acceptors (Lipinski definition) is 9. The zero-order valence-corrected chi connectivity index (χ0v) is 17.0. The molecule has 15 heteroatoms. The zero-order valence-electron chi connectivity index (χ0n) is 14.6. The molecule has 158 valence electrons. The van der Waals surface area contributed by atoms with E-state index < -0.39 is 42.1 Å². The van der Waals surface area contributed by atoms with Crippen LogP contribution in [0.3, 0.4) is 0 Å². The van der Waals surface area contributed by atoms with Crippen molar-refractivity contribution in [3.8, 4) is 0 Å². The first-order valence-corrected chi connectivity index (χ1v) is 11.9. The van der Waals surface area contributed by atoms with Crippen LogP contribution < -0.4 is 0 Å². The third kappa shape index (κ3) is 69.3. The van der Waals surface area contributed by atoms with Crippen molar-refractivity contribution in [2.45, 2.75) is 38.4 Å². The lowest BCUT2D eigenvalue weighted by atomic mass is 9.94. The quantitative estimate of drug-likeness (QED) is 0.274. The van der Waals surface area contributed by atoms with Crippen molar-refractivity contribution >= 4 is 30.4 Å². The molecule has 2 atom stereocenters. The summed E-state index contributed by atoms with van der Waals surface area (Å²) in [5.74, 6) is 0. The van der Waals surface area contributed by atoms with E-state index in [2.05, 4.69) is 0 Å². The highest BCUT2D eigenvalue weighted by molar-refractivity contribution is 7.85. The Labute approximate surface area is 148 Å². The van der Waals surface area contributed by atoms with Crippen LogP contribution in [-0.2, 0) is 30.4 Å². The van der Waals surface area contributed by atoms with Gasteiger partial charge >= 0.3 is 0 Å². The number of aliphatic hydroxyl groups excluding tert-OH is 2. The first-order valence-electron chi connectivity index (χ1n) is 6.35. The Bertz CT molecular complexity index is 525. The highest BCUT2D eigenvalue weighted by Gasteiger charge is 2.30. The molecule has 0 saturated heterocycles. The van der Waals surface area contributed by atoms with Crippen LogP contribution in [0.2, 0.25) is 0 Å².